The highest BCUT2D eigenvalue weighted by molar-refractivity contribution is 6.30. The van der Waals surface area contributed by atoms with Gasteiger partial charge >= 0.3 is 6.03 Å². The van der Waals surface area contributed by atoms with Gasteiger partial charge in [0.2, 0.25) is 0 Å². The van der Waals surface area contributed by atoms with E-state index >= 15 is 0 Å². The number of nitrogens with zero attached hydrogens (tertiary/aromatic N) is 3. The molecule has 1 aromatic heterocycles. The summed E-state index contributed by atoms with van der Waals surface area (Å²) in [5.74, 6) is 0.365. The molecule has 1 aliphatic rings. The quantitative estimate of drug-likeness (QED) is 0.769. The molecule has 0 spiro atoms. The number of benzene rings is 2. The molecule has 1 aliphatic heterocycles. The van der Waals surface area contributed by atoms with Crippen molar-refractivity contribution in [3.63, 3.8) is 0 Å². The molecule has 1 N–H and O–H groups in total. The number of likely N-dealkylation sites (tertiary alicyclic amines) is 1. The van der Waals surface area contributed by atoms with Crippen molar-refractivity contribution in [1.82, 2.24) is 14.7 Å². The van der Waals surface area contributed by atoms with Crippen LogP contribution in [0.2, 0.25) is 5.02 Å². The number of rotatable bonds is 3. The average Bonchev–Trinajstić information content (AvgIpc) is 3.10. The predicted molar refractivity (Wildman–Crippen MR) is 98.3 cm³/mol. The van der Waals surface area contributed by atoms with E-state index in [2.05, 4.69) is 10.4 Å². The number of para-hydroxylation sites is 2. The molecular weight excluding hydrogens is 336 g/mol. The lowest BCUT2D eigenvalue weighted by Gasteiger charge is -2.39. The van der Waals surface area contributed by atoms with Gasteiger partial charge in [-0.25, -0.2) is 9.48 Å². The van der Waals surface area contributed by atoms with E-state index in [4.69, 9.17) is 11.6 Å². The van der Waals surface area contributed by atoms with Crippen LogP contribution in [-0.2, 0) is 0 Å². The maximum atomic E-state index is 12.5. The number of amides is 2. The summed E-state index contributed by atoms with van der Waals surface area (Å²) in [6.07, 6.45) is 3.57. The number of carbonyl (C=O) groups excluding carboxylic acids is 1. The molecule has 1 saturated heterocycles. The molecule has 0 bridgehead atoms. The first-order chi connectivity index (χ1) is 12.2. The molecule has 4 rings (SSSR count). The zero-order chi connectivity index (χ0) is 17.2. The number of nitrogens with one attached hydrogen (secondary N) is 1. The third kappa shape index (κ3) is 3.23. The molecular formula is C19H17ClN4O. The Morgan fingerprint density at radius 3 is 2.56 bits per heavy atom. The molecule has 0 saturated carbocycles. The van der Waals surface area contributed by atoms with Gasteiger partial charge in [0.15, 0.2) is 0 Å². The van der Waals surface area contributed by atoms with Crippen LogP contribution in [0, 0.1) is 0 Å². The maximum Gasteiger partial charge on any atom is 0.321 e. The monoisotopic (exact) mass is 352 g/mol. The summed E-state index contributed by atoms with van der Waals surface area (Å²) in [5.41, 5.74) is 2.80. The number of halogens is 1. The van der Waals surface area contributed by atoms with Crippen LogP contribution in [0.3, 0.4) is 0 Å². The number of anilines is 1. The molecule has 25 heavy (non-hydrogen) atoms. The van der Waals surface area contributed by atoms with Crippen LogP contribution in [0.4, 0.5) is 10.5 Å². The van der Waals surface area contributed by atoms with Crippen molar-refractivity contribution in [3.8, 4) is 5.69 Å². The van der Waals surface area contributed by atoms with Gasteiger partial charge in [0.05, 0.1) is 11.4 Å². The Labute approximate surface area is 150 Å². The van der Waals surface area contributed by atoms with Gasteiger partial charge in [-0.2, -0.15) is 5.10 Å². The van der Waals surface area contributed by atoms with Gasteiger partial charge in [-0.15, -0.1) is 0 Å². The number of carbonyl (C=O) groups is 1. The molecule has 0 atom stereocenters. The molecule has 126 valence electrons. The highest BCUT2D eigenvalue weighted by Gasteiger charge is 2.31. The first kappa shape index (κ1) is 15.7. The maximum absolute atomic E-state index is 12.5. The van der Waals surface area contributed by atoms with Crippen LogP contribution in [0.25, 0.3) is 5.69 Å². The summed E-state index contributed by atoms with van der Waals surface area (Å²) >= 11 is 5.92. The fraction of sp³-hybridized carbons (Fsp3) is 0.158. The van der Waals surface area contributed by atoms with Crippen LogP contribution in [0.5, 0.6) is 0 Å². The topological polar surface area (TPSA) is 50.2 Å². The second-order valence-corrected chi connectivity index (χ2v) is 6.49. The van der Waals surface area contributed by atoms with Gasteiger partial charge in [-0.05, 0) is 35.9 Å². The third-order valence-corrected chi connectivity index (χ3v) is 4.66. The molecule has 2 amide bonds. The number of hydrogen-bond donors (Lipinski definition) is 1. The van der Waals surface area contributed by atoms with Crippen LogP contribution in [0.1, 0.15) is 11.5 Å². The number of urea groups is 1. The van der Waals surface area contributed by atoms with E-state index in [1.54, 1.807) is 15.8 Å². The summed E-state index contributed by atoms with van der Waals surface area (Å²) in [6, 6.07) is 17.2. The Morgan fingerprint density at radius 2 is 1.84 bits per heavy atom. The number of hydrogen-bond acceptors (Lipinski definition) is 2. The van der Waals surface area contributed by atoms with Crippen molar-refractivity contribution in [1.29, 1.82) is 0 Å². The fourth-order valence-electron chi connectivity index (χ4n) is 2.97. The van der Waals surface area contributed by atoms with E-state index in [9.17, 15) is 4.79 Å². The van der Waals surface area contributed by atoms with Crippen molar-refractivity contribution >= 4 is 23.3 Å². The standard InChI is InChI=1S/C19H17ClN4O/c20-16-8-6-14(7-9-16)15-12-23(13-15)19(25)22-17-4-1-2-5-18(17)24-11-3-10-21-24/h1-11,15H,12-13H2,(H,22,25). The molecule has 0 unspecified atom stereocenters. The van der Waals surface area contributed by atoms with Crippen LogP contribution < -0.4 is 5.32 Å². The smallest absolute Gasteiger partial charge is 0.321 e. The summed E-state index contributed by atoms with van der Waals surface area (Å²) < 4.78 is 1.74. The van der Waals surface area contributed by atoms with Gasteiger partial charge in [-0.3, -0.25) is 0 Å². The molecule has 0 radical (unpaired) electrons. The van der Waals surface area contributed by atoms with Crippen LogP contribution in [0.15, 0.2) is 67.0 Å². The molecule has 2 aromatic carbocycles. The van der Waals surface area contributed by atoms with Crippen molar-refractivity contribution in [2.75, 3.05) is 18.4 Å². The minimum atomic E-state index is -0.0928. The van der Waals surface area contributed by atoms with Gasteiger partial charge in [0, 0.05) is 36.4 Å². The molecule has 5 nitrogen and oxygen atoms in total. The molecule has 1 fully saturated rings. The average molecular weight is 353 g/mol. The van der Waals surface area contributed by atoms with E-state index < -0.39 is 0 Å². The zero-order valence-electron chi connectivity index (χ0n) is 13.5. The summed E-state index contributed by atoms with van der Waals surface area (Å²) in [5, 5.41) is 7.95. The Hall–Kier alpha value is -2.79. The normalized spacial score (nSPS) is 14.2. The van der Waals surface area contributed by atoms with Crippen molar-refractivity contribution in [2.24, 2.45) is 0 Å². The van der Waals surface area contributed by atoms with E-state index in [0.29, 0.717) is 19.0 Å². The van der Waals surface area contributed by atoms with Crippen molar-refractivity contribution < 1.29 is 4.79 Å². The highest BCUT2D eigenvalue weighted by atomic mass is 35.5. The van der Waals surface area contributed by atoms with Crippen LogP contribution >= 0.6 is 11.6 Å². The Bertz CT molecular complexity index is 871. The van der Waals surface area contributed by atoms with Gasteiger partial charge in [0.1, 0.15) is 0 Å². The minimum absolute atomic E-state index is 0.0928. The minimum Gasteiger partial charge on any atom is -0.323 e. The van der Waals surface area contributed by atoms with Crippen molar-refractivity contribution in [3.05, 3.63) is 77.6 Å². The van der Waals surface area contributed by atoms with E-state index in [0.717, 1.165) is 16.4 Å². The SMILES string of the molecule is O=C(Nc1ccccc1-n1cccn1)N1CC(c2ccc(Cl)cc2)C1. The lowest BCUT2D eigenvalue weighted by atomic mass is 9.92. The van der Waals surface area contributed by atoms with Crippen LogP contribution in [-0.4, -0.2) is 33.8 Å². The van der Waals surface area contributed by atoms with Crippen molar-refractivity contribution in [2.45, 2.75) is 5.92 Å². The van der Waals surface area contributed by atoms with E-state index in [1.807, 2.05) is 60.8 Å². The zero-order valence-corrected chi connectivity index (χ0v) is 14.2. The first-order valence-electron chi connectivity index (χ1n) is 8.11. The Kier molecular flexibility index (Phi) is 4.15. The fourth-order valence-corrected chi connectivity index (χ4v) is 3.10. The lowest BCUT2D eigenvalue weighted by molar-refractivity contribution is 0.164. The predicted octanol–water partition coefficient (Wildman–Crippen LogP) is 4.16. The summed E-state index contributed by atoms with van der Waals surface area (Å²) in [4.78, 5) is 14.3. The highest BCUT2D eigenvalue weighted by Crippen LogP contribution is 2.29. The Morgan fingerprint density at radius 1 is 1.08 bits per heavy atom. The number of aromatic nitrogens is 2. The molecule has 6 heteroatoms. The molecule has 2 heterocycles. The van der Waals surface area contributed by atoms with Gasteiger partial charge in [0.25, 0.3) is 0 Å². The second-order valence-electron chi connectivity index (χ2n) is 6.05. The largest absolute Gasteiger partial charge is 0.323 e. The second kappa shape index (κ2) is 6.61. The molecule has 3 aromatic rings. The van der Waals surface area contributed by atoms with E-state index in [1.165, 1.54) is 5.56 Å². The van der Waals surface area contributed by atoms with Gasteiger partial charge < -0.3 is 10.2 Å². The Balaban J connectivity index is 1.42. The lowest BCUT2D eigenvalue weighted by Crippen LogP contribution is -2.50. The van der Waals surface area contributed by atoms with Gasteiger partial charge in [-0.1, -0.05) is 35.9 Å². The third-order valence-electron chi connectivity index (χ3n) is 4.41. The summed E-state index contributed by atoms with van der Waals surface area (Å²) in [7, 11) is 0. The summed E-state index contributed by atoms with van der Waals surface area (Å²) in [6.45, 7) is 1.41. The molecule has 0 aliphatic carbocycles. The first-order valence-corrected chi connectivity index (χ1v) is 8.49. The van der Waals surface area contributed by atoms with E-state index in [-0.39, 0.29) is 6.03 Å².